The number of carbonyl (C=O) groups excluding carboxylic acids is 1. The van der Waals surface area contributed by atoms with Crippen LogP contribution in [0.25, 0.3) is 0 Å². The number of hydrogen-bond donors (Lipinski definition) is 2. The second-order valence-electron chi connectivity index (χ2n) is 4.93. The Kier molecular flexibility index (Phi) is 5.38. The number of nitrogens with one attached hydrogen (secondary N) is 2. The molecule has 110 valence electrons. The molecule has 0 saturated carbocycles. The quantitative estimate of drug-likeness (QED) is 0.844. The Labute approximate surface area is 126 Å². The van der Waals surface area contributed by atoms with Crippen LogP contribution in [0, 0.1) is 0 Å². The van der Waals surface area contributed by atoms with Crippen molar-refractivity contribution in [3.63, 3.8) is 0 Å². The van der Waals surface area contributed by atoms with Crippen molar-refractivity contribution in [2.75, 3.05) is 17.2 Å². The molecule has 3 heteroatoms. The molecule has 1 amide bonds. The fourth-order valence-corrected chi connectivity index (χ4v) is 2.36. The number of rotatable bonds is 6. The molecular weight excluding hydrogens is 260 g/mol. The lowest BCUT2D eigenvalue weighted by Crippen LogP contribution is -2.22. The summed E-state index contributed by atoms with van der Waals surface area (Å²) in [7, 11) is 0. The minimum Gasteiger partial charge on any atom is -0.376 e. The van der Waals surface area contributed by atoms with E-state index in [0.717, 1.165) is 24.2 Å². The normalized spacial score (nSPS) is 10.2. The van der Waals surface area contributed by atoms with Crippen LogP contribution in [0.2, 0.25) is 0 Å². The van der Waals surface area contributed by atoms with E-state index >= 15 is 0 Å². The van der Waals surface area contributed by atoms with Crippen LogP contribution in [-0.2, 0) is 17.6 Å². The SMILES string of the molecule is CCc1cccc(CC)c1NCC(=O)Nc1ccccc1. The van der Waals surface area contributed by atoms with Crippen LogP contribution >= 0.6 is 0 Å². The maximum absolute atomic E-state index is 12.0. The molecule has 2 N–H and O–H groups in total. The van der Waals surface area contributed by atoms with E-state index in [9.17, 15) is 4.79 Å². The van der Waals surface area contributed by atoms with Crippen LogP contribution in [0.1, 0.15) is 25.0 Å². The van der Waals surface area contributed by atoms with Gasteiger partial charge in [-0.15, -0.1) is 0 Å². The summed E-state index contributed by atoms with van der Waals surface area (Å²) in [5, 5.41) is 6.18. The zero-order valence-corrected chi connectivity index (χ0v) is 12.6. The van der Waals surface area contributed by atoms with Gasteiger partial charge in [-0.25, -0.2) is 0 Å². The van der Waals surface area contributed by atoms with Gasteiger partial charge in [0.15, 0.2) is 0 Å². The average Bonchev–Trinajstić information content (AvgIpc) is 2.53. The molecule has 0 aliphatic carbocycles. The maximum atomic E-state index is 12.0. The lowest BCUT2D eigenvalue weighted by atomic mass is 10.0. The van der Waals surface area contributed by atoms with E-state index in [1.54, 1.807) is 0 Å². The van der Waals surface area contributed by atoms with Crippen LogP contribution in [-0.4, -0.2) is 12.5 Å². The van der Waals surface area contributed by atoms with Crippen LogP contribution in [0.4, 0.5) is 11.4 Å². The largest absolute Gasteiger partial charge is 0.376 e. The van der Waals surface area contributed by atoms with Gasteiger partial charge in [-0.1, -0.05) is 50.2 Å². The second kappa shape index (κ2) is 7.48. The van der Waals surface area contributed by atoms with E-state index in [4.69, 9.17) is 0 Å². The Hall–Kier alpha value is -2.29. The molecular formula is C18H22N2O. The number of amides is 1. The fraction of sp³-hybridized carbons (Fsp3) is 0.278. The van der Waals surface area contributed by atoms with E-state index < -0.39 is 0 Å². The van der Waals surface area contributed by atoms with Gasteiger partial charge >= 0.3 is 0 Å². The monoisotopic (exact) mass is 282 g/mol. The van der Waals surface area contributed by atoms with Crippen molar-refractivity contribution in [1.82, 2.24) is 0 Å². The van der Waals surface area contributed by atoms with Gasteiger partial charge in [0.25, 0.3) is 0 Å². The molecule has 0 fully saturated rings. The number of aryl methyl sites for hydroxylation is 2. The zero-order chi connectivity index (χ0) is 15.1. The van der Waals surface area contributed by atoms with Gasteiger partial charge < -0.3 is 10.6 Å². The zero-order valence-electron chi connectivity index (χ0n) is 12.6. The van der Waals surface area contributed by atoms with E-state index in [2.05, 4.69) is 42.7 Å². The van der Waals surface area contributed by atoms with Gasteiger partial charge in [-0.05, 0) is 36.1 Å². The van der Waals surface area contributed by atoms with Crippen molar-refractivity contribution in [3.8, 4) is 0 Å². The lowest BCUT2D eigenvalue weighted by molar-refractivity contribution is -0.114. The molecule has 0 radical (unpaired) electrons. The van der Waals surface area contributed by atoms with Crippen molar-refractivity contribution >= 4 is 17.3 Å². The van der Waals surface area contributed by atoms with Crippen LogP contribution in [0.5, 0.6) is 0 Å². The first-order valence-corrected chi connectivity index (χ1v) is 7.44. The third-order valence-corrected chi connectivity index (χ3v) is 3.48. The lowest BCUT2D eigenvalue weighted by Gasteiger charge is -2.15. The molecule has 0 atom stereocenters. The van der Waals surface area contributed by atoms with Crippen molar-refractivity contribution in [2.45, 2.75) is 26.7 Å². The second-order valence-corrected chi connectivity index (χ2v) is 4.93. The number of hydrogen-bond acceptors (Lipinski definition) is 2. The molecule has 0 aliphatic rings. The van der Waals surface area contributed by atoms with Crippen molar-refractivity contribution < 1.29 is 4.79 Å². The summed E-state index contributed by atoms with van der Waals surface area (Å²) in [5.41, 5.74) is 4.43. The van der Waals surface area contributed by atoms with Gasteiger partial charge in [-0.3, -0.25) is 4.79 Å². The summed E-state index contributed by atoms with van der Waals surface area (Å²) in [6.45, 7) is 4.53. The first-order chi connectivity index (χ1) is 10.2. The summed E-state index contributed by atoms with van der Waals surface area (Å²) in [4.78, 5) is 12.0. The number of benzene rings is 2. The van der Waals surface area contributed by atoms with Gasteiger partial charge in [-0.2, -0.15) is 0 Å². The minimum absolute atomic E-state index is 0.0332. The highest BCUT2D eigenvalue weighted by Crippen LogP contribution is 2.22. The number of para-hydroxylation sites is 2. The Morgan fingerprint density at radius 3 is 2.10 bits per heavy atom. The molecule has 0 unspecified atom stereocenters. The third-order valence-electron chi connectivity index (χ3n) is 3.48. The summed E-state index contributed by atoms with van der Waals surface area (Å²) < 4.78 is 0. The molecule has 0 heterocycles. The molecule has 2 rings (SSSR count). The molecule has 0 bridgehead atoms. The molecule has 21 heavy (non-hydrogen) atoms. The predicted molar refractivity (Wildman–Crippen MR) is 88.8 cm³/mol. The molecule has 0 saturated heterocycles. The highest BCUT2D eigenvalue weighted by atomic mass is 16.1. The van der Waals surface area contributed by atoms with Gasteiger partial charge in [0.1, 0.15) is 0 Å². The van der Waals surface area contributed by atoms with Crippen molar-refractivity contribution in [2.24, 2.45) is 0 Å². The smallest absolute Gasteiger partial charge is 0.243 e. The Bertz CT molecular complexity index is 571. The Morgan fingerprint density at radius 1 is 0.905 bits per heavy atom. The summed E-state index contributed by atoms with van der Waals surface area (Å²) in [5.74, 6) is -0.0332. The first-order valence-electron chi connectivity index (χ1n) is 7.44. The van der Waals surface area contributed by atoms with E-state index in [-0.39, 0.29) is 12.5 Å². The van der Waals surface area contributed by atoms with Crippen LogP contribution in [0.15, 0.2) is 48.5 Å². The summed E-state index contributed by atoms with van der Waals surface area (Å²) in [6, 6.07) is 15.8. The highest BCUT2D eigenvalue weighted by molar-refractivity contribution is 5.93. The topological polar surface area (TPSA) is 41.1 Å². The maximum Gasteiger partial charge on any atom is 0.243 e. The summed E-state index contributed by atoms with van der Waals surface area (Å²) in [6.07, 6.45) is 1.91. The molecule has 0 spiro atoms. The van der Waals surface area contributed by atoms with Gasteiger partial charge in [0, 0.05) is 11.4 Å². The Morgan fingerprint density at radius 2 is 1.52 bits per heavy atom. The minimum atomic E-state index is -0.0332. The van der Waals surface area contributed by atoms with Gasteiger partial charge in [0.2, 0.25) is 5.91 Å². The molecule has 2 aromatic rings. The third kappa shape index (κ3) is 4.09. The standard InChI is InChI=1S/C18H22N2O/c1-3-14-9-8-10-15(4-2)18(14)19-13-17(21)20-16-11-6-5-7-12-16/h5-12,19H,3-4,13H2,1-2H3,(H,20,21). The molecule has 2 aromatic carbocycles. The van der Waals surface area contributed by atoms with Crippen LogP contribution in [0.3, 0.4) is 0 Å². The fourth-order valence-electron chi connectivity index (χ4n) is 2.36. The summed E-state index contributed by atoms with van der Waals surface area (Å²) >= 11 is 0. The number of carbonyl (C=O) groups is 1. The van der Waals surface area contributed by atoms with Crippen molar-refractivity contribution in [3.05, 3.63) is 59.7 Å². The molecule has 3 nitrogen and oxygen atoms in total. The van der Waals surface area contributed by atoms with Crippen LogP contribution < -0.4 is 10.6 Å². The highest BCUT2D eigenvalue weighted by Gasteiger charge is 2.08. The predicted octanol–water partition coefficient (Wildman–Crippen LogP) is 3.86. The van der Waals surface area contributed by atoms with E-state index in [0.29, 0.717) is 0 Å². The van der Waals surface area contributed by atoms with E-state index in [1.165, 1.54) is 11.1 Å². The van der Waals surface area contributed by atoms with Gasteiger partial charge in [0.05, 0.1) is 6.54 Å². The average molecular weight is 282 g/mol. The van der Waals surface area contributed by atoms with E-state index in [1.807, 2.05) is 30.3 Å². The molecule has 0 aromatic heterocycles. The Balaban J connectivity index is 2.01. The number of anilines is 2. The molecule has 0 aliphatic heterocycles. The first kappa shape index (κ1) is 15.1. The van der Waals surface area contributed by atoms with Crippen molar-refractivity contribution in [1.29, 1.82) is 0 Å².